The van der Waals surface area contributed by atoms with E-state index >= 15 is 0 Å². The minimum Gasteiger partial charge on any atom is -0.400 e. The molecule has 3 rings (SSSR count). The molecule has 1 heterocycles. The lowest BCUT2D eigenvalue weighted by atomic mass is 10.0. The number of aliphatic hydroxyl groups is 2. The van der Waals surface area contributed by atoms with E-state index in [2.05, 4.69) is 51.6 Å². The van der Waals surface area contributed by atoms with Crippen LogP contribution in [0.4, 0.5) is 11.5 Å². The third-order valence-electron chi connectivity index (χ3n) is 5.65. The number of ether oxygens (including phenoxy) is 1. The van der Waals surface area contributed by atoms with E-state index in [9.17, 15) is 4.79 Å². The van der Waals surface area contributed by atoms with E-state index in [0.717, 1.165) is 49.6 Å². The van der Waals surface area contributed by atoms with Crippen LogP contribution in [0.1, 0.15) is 18.9 Å². The molecule has 4 N–H and O–H groups in total. The fraction of sp³-hybridized carbons (Fsp3) is 0.345. The zero-order chi connectivity index (χ0) is 28.5. The molecule has 0 saturated carbocycles. The van der Waals surface area contributed by atoms with Gasteiger partial charge < -0.3 is 30.4 Å². The van der Waals surface area contributed by atoms with Gasteiger partial charge in [0.1, 0.15) is 6.29 Å². The van der Waals surface area contributed by atoms with Gasteiger partial charge in [-0.25, -0.2) is 9.98 Å². The van der Waals surface area contributed by atoms with E-state index in [0.29, 0.717) is 41.3 Å². The second kappa shape index (κ2) is 18.5. The molecule has 0 radical (unpaired) electrons. The number of aliphatic imine (C=N–C) groups is 1. The molecule has 0 aliphatic carbocycles. The summed E-state index contributed by atoms with van der Waals surface area (Å²) in [4.78, 5) is 19.7. The van der Waals surface area contributed by atoms with Gasteiger partial charge in [0.05, 0.1) is 47.4 Å². The maximum Gasteiger partial charge on any atom is 0.175 e. The Labute approximate surface area is 239 Å². The second-order valence-corrected chi connectivity index (χ2v) is 9.84. The van der Waals surface area contributed by atoms with Crippen LogP contribution >= 0.6 is 23.4 Å². The quantitative estimate of drug-likeness (QED) is 0.0802. The number of aromatic nitrogens is 1. The van der Waals surface area contributed by atoms with Crippen LogP contribution in [0, 0.1) is 0 Å². The number of anilines is 1. The second-order valence-electron chi connectivity index (χ2n) is 8.21. The third-order valence-corrected chi connectivity index (χ3v) is 7.13. The summed E-state index contributed by atoms with van der Waals surface area (Å²) in [6.45, 7) is 8.11. The number of carbonyl (C=O) groups excluding carboxylic acids is 1. The Kier molecular flexibility index (Phi) is 15.4. The smallest absolute Gasteiger partial charge is 0.175 e. The Hall–Kier alpha value is -2.79. The van der Waals surface area contributed by atoms with Crippen LogP contribution in [-0.2, 0) is 16.1 Å². The lowest BCUT2D eigenvalue weighted by molar-refractivity contribution is -0.107. The summed E-state index contributed by atoms with van der Waals surface area (Å²) in [7, 11) is 1.00. The summed E-state index contributed by atoms with van der Waals surface area (Å²) < 4.78 is 5.25. The van der Waals surface area contributed by atoms with Crippen molar-refractivity contribution in [3.8, 4) is 22.4 Å². The highest BCUT2D eigenvalue weighted by Crippen LogP contribution is 2.35. The van der Waals surface area contributed by atoms with Gasteiger partial charge in [0.25, 0.3) is 0 Å². The summed E-state index contributed by atoms with van der Waals surface area (Å²) in [5.74, 6) is 1.01. The highest BCUT2D eigenvalue weighted by atomic mass is 35.5. The molecule has 2 aromatic carbocycles. The first-order valence-corrected chi connectivity index (χ1v) is 14.0. The molecule has 3 aromatic rings. The summed E-state index contributed by atoms with van der Waals surface area (Å²) in [5.41, 5.74) is 5.60. The van der Waals surface area contributed by atoms with Crippen molar-refractivity contribution in [3.05, 3.63) is 65.2 Å². The zero-order valence-electron chi connectivity index (χ0n) is 22.4. The minimum atomic E-state index is -0.0512. The van der Waals surface area contributed by atoms with Gasteiger partial charge in [0.2, 0.25) is 0 Å². The standard InChI is InChI=1S/C28H33ClN4O3S.CH4O/c1-3-24(18-35)37-19-32-26-16-25(29)27(33-28(26)30-2)23-10-8-22(9-11-23)21-6-4-20(5-7-21)17-31-12-14-36-15-13-34;1-2/h4-11,16,18,24,31-32,34H,2-3,12-15,17,19H2,1H3;2H,1H3. The molecule has 0 fully saturated rings. The number of rotatable bonds is 16. The van der Waals surface area contributed by atoms with Gasteiger partial charge >= 0.3 is 0 Å². The normalized spacial score (nSPS) is 11.3. The highest BCUT2D eigenvalue weighted by Gasteiger charge is 2.13. The molecule has 0 saturated heterocycles. The number of halogens is 1. The monoisotopic (exact) mass is 572 g/mol. The van der Waals surface area contributed by atoms with Crippen molar-refractivity contribution in [3.63, 3.8) is 0 Å². The number of hydrogen-bond acceptors (Lipinski definition) is 9. The van der Waals surface area contributed by atoms with Crippen molar-refractivity contribution < 1.29 is 19.7 Å². The average Bonchev–Trinajstić information content (AvgIpc) is 2.99. The van der Waals surface area contributed by atoms with Crippen LogP contribution in [0.5, 0.6) is 0 Å². The SMILES string of the molecule is C=Nc1nc(-c2ccc(-c3ccc(CNCCOCCO)cc3)cc2)c(Cl)cc1NCSC(C=O)CC.CO. The number of aliphatic hydroxyl groups excluding tert-OH is 2. The van der Waals surface area contributed by atoms with Gasteiger partial charge in [0.15, 0.2) is 5.82 Å². The molecule has 0 aliphatic heterocycles. The number of thioether (sulfide) groups is 1. The Balaban J connectivity index is 0.00000260. The summed E-state index contributed by atoms with van der Waals surface area (Å²) in [6.07, 6.45) is 1.74. The van der Waals surface area contributed by atoms with Crippen LogP contribution in [0.15, 0.2) is 59.6 Å². The maximum absolute atomic E-state index is 11.0. The molecular weight excluding hydrogens is 536 g/mol. The number of carbonyl (C=O) groups is 1. The fourth-order valence-corrected chi connectivity index (χ4v) is 4.62. The van der Waals surface area contributed by atoms with Crippen LogP contribution in [-0.4, -0.2) is 72.8 Å². The average molecular weight is 573 g/mol. The molecular formula is C29H37ClN4O4S. The fourth-order valence-electron chi connectivity index (χ4n) is 3.59. The van der Waals surface area contributed by atoms with Crippen LogP contribution < -0.4 is 10.6 Å². The predicted molar refractivity (Wildman–Crippen MR) is 163 cm³/mol. The molecule has 0 aliphatic rings. The van der Waals surface area contributed by atoms with Gasteiger partial charge in [-0.2, -0.15) is 0 Å². The molecule has 39 heavy (non-hydrogen) atoms. The van der Waals surface area contributed by atoms with Gasteiger partial charge in [-0.3, -0.25) is 0 Å². The van der Waals surface area contributed by atoms with E-state index in [4.69, 9.17) is 26.6 Å². The topological polar surface area (TPSA) is 116 Å². The van der Waals surface area contributed by atoms with E-state index < -0.39 is 0 Å². The highest BCUT2D eigenvalue weighted by molar-refractivity contribution is 8.00. The largest absolute Gasteiger partial charge is 0.400 e. The van der Waals surface area contributed by atoms with Crippen LogP contribution in [0.3, 0.4) is 0 Å². The summed E-state index contributed by atoms with van der Waals surface area (Å²) in [5, 5.41) is 22.7. The van der Waals surface area contributed by atoms with Crippen molar-refractivity contribution in [1.29, 1.82) is 0 Å². The van der Waals surface area contributed by atoms with Crippen molar-refractivity contribution in [1.82, 2.24) is 10.3 Å². The Bertz CT molecular complexity index is 1150. The summed E-state index contributed by atoms with van der Waals surface area (Å²) in [6, 6.07) is 18.3. The van der Waals surface area contributed by atoms with Gasteiger partial charge in [-0.15, -0.1) is 11.8 Å². The number of nitrogens with zero attached hydrogens (tertiary/aromatic N) is 2. The molecule has 0 spiro atoms. The lowest BCUT2D eigenvalue weighted by Gasteiger charge is -2.13. The number of hydrogen-bond donors (Lipinski definition) is 4. The minimum absolute atomic E-state index is 0.0475. The number of aldehydes is 1. The van der Waals surface area contributed by atoms with Crippen molar-refractivity contribution >= 4 is 47.9 Å². The first-order chi connectivity index (χ1) is 19.1. The third kappa shape index (κ3) is 10.4. The van der Waals surface area contributed by atoms with E-state index in [-0.39, 0.29) is 11.9 Å². The molecule has 1 atom stereocenters. The van der Waals surface area contributed by atoms with Crippen molar-refractivity contribution in [2.45, 2.75) is 25.1 Å². The first kappa shape index (κ1) is 32.4. The maximum atomic E-state index is 11.0. The number of nitrogens with one attached hydrogen (secondary N) is 2. The van der Waals surface area contributed by atoms with Gasteiger partial charge in [0, 0.05) is 25.8 Å². The molecule has 10 heteroatoms. The molecule has 1 aromatic heterocycles. The van der Waals surface area contributed by atoms with Crippen molar-refractivity contribution in [2.75, 3.05) is 44.7 Å². The summed E-state index contributed by atoms with van der Waals surface area (Å²) >= 11 is 8.11. The molecule has 0 amide bonds. The molecule has 0 bridgehead atoms. The van der Waals surface area contributed by atoms with Gasteiger partial charge in [-0.05, 0) is 35.9 Å². The number of benzene rings is 2. The first-order valence-electron chi connectivity index (χ1n) is 12.6. The van der Waals surface area contributed by atoms with E-state index in [1.807, 2.05) is 31.2 Å². The zero-order valence-corrected chi connectivity index (χ0v) is 24.0. The van der Waals surface area contributed by atoms with Crippen LogP contribution in [0.2, 0.25) is 5.02 Å². The van der Waals surface area contributed by atoms with Gasteiger partial charge in [-0.1, -0.05) is 67.1 Å². The lowest BCUT2D eigenvalue weighted by Crippen LogP contribution is -2.19. The van der Waals surface area contributed by atoms with E-state index in [1.54, 1.807) is 6.07 Å². The predicted octanol–water partition coefficient (Wildman–Crippen LogP) is 5.19. The molecule has 8 nitrogen and oxygen atoms in total. The number of pyridine rings is 1. The molecule has 210 valence electrons. The van der Waals surface area contributed by atoms with Crippen molar-refractivity contribution in [2.24, 2.45) is 4.99 Å². The molecule has 1 unspecified atom stereocenters. The Morgan fingerprint density at radius 2 is 1.74 bits per heavy atom. The van der Waals surface area contributed by atoms with E-state index in [1.165, 1.54) is 17.3 Å². The Morgan fingerprint density at radius 3 is 2.33 bits per heavy atom. The van der Waals surface area contributed by atoms with Crippen LogP contribution in [0.25, 0.3) is 22.4 Å². The Morgan fingerprint density at radius 1 is 1.10 bits per heavy atom.